The molecule has 0 atom stereocenters. The molecule has 0 bridgehead atoms. The average molecular weight is 317 g/mol. The van der Waals surface area contributed by atoms with E-state index >= 15 is 0 Å². The van der Waals surface area contributed by atoms with Crippen LogP contribution in [0.2, 0.25) is 0 Å². The second-order valence-corrected chi connectivity index (χ2v) is 5.89. The summed E-state index contributed by atoms with van der Waals surface area (Å²) in [5.74, 6) is -1.98. The van der Waals surface area contributed by atoms with Crippen molar-refractivity contribution in [3.63, 3.8) is 0 Å². The van der Waals surface area contributed by atoms with Crippen LogP contribution in [0.4, 0.5) is 18.9 Å². The van der Waals surface area contributed by atoms with E-state index in [2.05, 4.69) is 5.32 Å². The molecule has 7 heteroatoms. The summed E-state index contributed by atoms with van der Waals surface area (Å²) >= 11 is 0. The van der Waals surface area contributed by atoms with E-state index in [9.17, 15) is 22.8 Å². The van der Waals surface area contributed by atoms with Crippen molar-refractivity contribution >= 4 is 17.6 Å². The smallest absolute Gasteiger partial charge is 0.394 e. The van der Waals surface area contributed by atoms with E-state index in [1.807, 2.05) is 0 Å². The van der Waals surface area contributed by atoms with Crippen LogP contribution in [0.25, 0.3) is 0 Å². The van der Waals surface area contributed by atoms with Crippen LogP contribution in [0, 0.1) is 19.3 Å². The predicted molar refractivity (Wildman–Crippen MR) is 76.0 cm³/mol. The topological polar surface area (TPSA) is 66.4 Å². The number of benzene rings is 1. The maximum atomic E-state index is 12.8. The Morgan fingerprint density at radius 3 is 2.14 bits per heavy atom. The summed E-state index contributed by atoms with van der Waals surface area (Å²) in [5, 5.41) is 11.4. The Morgan fingerprint density at radius 2 is 1.68 bits per heavy atom. The average Bonchev–Trinajstić information content (AvgIpc) is 2.29. The second kappa shape index (κ2) is 5.98. The van der Waals surface area contributed by atoms with Gasteiger partial charge in [0.25, 0.3) is 0 Å². The molecule has 0 radical (unpaired) electrons. The van der Waals surface area contributed by atoms with Gasteiger partial charge in [0.15, 0.2) is 0 Å². The van der Waals surface area contributed by atoms with Crippen molar-refractivity contribution in [3.05, 3.63) is 28.8 Å². The summed E-state index contributed by atoms with van der Waals surface area (Å²) in [6.45, 7) is 5.13. The maximum absolute atomic E-state index is 12.8. The number of halogens is 3. The molecule has 0 spiro atoms. The molecule has 0 aliphatic heterocycles. The highest BCUT2D eigenvalue weighted by Gasteiger charge is 2.48. The van der Waals surface area contributed by atoms with Crippen molar-refractivity contribution in [2.45, 2.75) is 40.3 Å². The first-order valence-corrected chi connectivity index (χ1v) is 6.56. The molecule has 1 amide bonds. The number of amides is 1. The van der Waals surface area contributed by atoms with Gasteiger partial charge in [-0.1, -0.05) is 19.9 Å². The van der Waals surface area contributed by atoms with Crippen LogP contribution < -0.4 is 5.32 Å². The summed E-state index contributed by atoms with van der Waals surface area (Å²) in [4.78, 5) is 22.9. The molecule has 1 rings (SSSR count). The minimum Gasteiger partial charge on any atom is -0.478 e. The van der Waals surface area contributed by atoms with E-state index in [1.54, 1.807) is 19.9 Å². The highest BCUT2D eigenvalue weighted by Crippen LogP contribution is 2.40. The van der Waals surface area contributed by atoms with Crippen molar-refractivity contribution in [2.24, 2.45) is 5.41 Å². The molecular weight excluding hydrogens is 299 g/mol. The Kier molecular flexibility index (Phi) is 4.89. The minimum absolute atomic E-state index is 0.00372. The number of aromatic carboxylic acids is 1. The van der Waals surface area contributed by atoms with Gasteiger partial charge in [-0.3, -0.25) is 4.79 Å². The quantitative estimate of drug-likeness (QED) is 0.884. The van der Waals surface area contributed by atoms with Gasteiger partial charge < -0.3 is 10.4 Å². The van der Waals surface area contributed by atoms with Gasteiger partial charge in [0.2, 0.25) is 5.91 Å². The van der Waals surface area contributed by atoms with Gasteiger partial charge in [0.05, 0.1) is 11.0 Å². The van der Waals surface area contributed by atoms with E-state index < -0.39 is 29.9 Å². The first kappa shape index (κ1) is 18.0. The highest BCUT2D eigenvalue weighted by molar-refractivity contribution is 5.95. The summed E-state index contributed by atoms with van der Waals surface area (Å²) in [6, 6.07) is 2.82. The monoisotopic (exact) mass is 317 g/mol. The number of carbonyl (C=O) groups excluding carboxylic acids is 1. The minimum atomic E-state index is -4.50. The first-order valence-electron chi connectivity index (χ1n) is 6.56. The Hall–Kier alpha value is -2.05. The number of hydrogen-bond donors (Lipinski definition) is 2. The zero-order chi connectivity index (χ0) is 17.3. The Balaban J connectivity index is 2.99. The standard InChI is InChI=1S/C15H18F3NO3/c1-8-5-9(2)11(6-10(8)13(21)22)19-12(20)7-14(3,4)15(16,17)18/h5-6H,7H2,1-4H3,(H,19,20)(H,21,22). The number of anilines is 1. The molecule has 0 unspecified atom stereocenters. The first-order chi connectivity index (χ1) is 9.85. The molecule has 4 nitrogen and oxygen atoms in total. The lowest BCUT2D eigenvalue weighted by Crippen LogP contribution is -2.36. The number of nitrogens with one attached hydrogen (secondary N) is 1. The van der Waals surface area contributed by atoms with Crippen LogP contribution in [0.3, 0.4) is 0 Å². The number of hydrogen-bond acceptors (Lipinski definition) is 2. The fourth-order valence-electron chi connectivity index (χ4n) is 1.91. The number of carboxylic acids is 1. The number of carbonyl (C=O) groups is 2. The van der Waals surface area contributed by atoms with Gasteiger partial charge in [-0.05, 0) is 31.0 Å². The molecule has 0 aromatic heterocycles. The molecular formula is C15H18F3NO3. The molecule has 0 heterocycles. The lowest BCUT2D eigenvalue weighted by atomic mass is 9.88. The fraction of sp³-hybridized carbons (Fsp3) is 0.467. The van der Waals surface area contributed by atoms with Gasteiger partial charge in [0.1, 0.15) is 0 Å². The summed E-state index contributed by atoms with van der Waals surface area (Å²) in [6.07, 6.45) is -5.24. The molecule has 0 aliphatic carbocycles. The Bertz CT molecular complexity index is 607. The summed E-state index contributed by atoms with van der Waals surface area (Å²) in [5.41, 5.74) is -0.869. The maximum Gasteiger partial charge on any atom is 0.394 e. The number of carboxylic acid groups (broad SMARTS) is 1. The molecule has 122 valence electrons. The zero-order valence-corrected chi connectivity index (χ0v) is 12.8. The van der Waals surface area contributed by atoms with E-state index in [4.69, 9.17) is 5.11 Å². The molecule has 0 fully saturated rings. The Labute approximate surface area is 126 Å². The van der Waals surface area contributed by atoms with Crippen LogP contribution in [0.15, 0.2) is 12.1 Å². The third kappa shape index (κ3) is 3.99. The Morgan fingerprint density at radius 1 is 1.14 bits per heavy atom. The summed E-state index contributed by atoms with van der Waals surface area (Å²) in [7, 11) is 0. The normalized spacial score (nSPS) is 12.1. The van der Waals surface area contributed by atoms with Gasteiger partial charge in [-0.2, -0.15) is 13.2 Å². The van der Waals surface area contributed by atoms with Crippen molar-refractivity contribution < 1.29 is 27.9 Å². The third-order valence-corrected chi connectivity index (χ3v) is 3.45. The molecule has 0 saturated heterocycles. The van der Waals surface area contributed by atoms with Crippen LogP contribution >= 0.6 is 0 Å². The number of alkyl halides is 3. The van der Waals surface area contributed by atoms with Gasteiger partial charge >= 0.3 is 12.1 Å². The molecule has 1 aromatic rings. The SMILES string of the molecule is Cc1cc(C)c(C(=O)O)cc1NC(=O)CC(C)(C)C(F)(F)F. The van der Waals surface area contributed by atoms with Crippen LogP contribution in [-0.4, -0.2) is 23.2 Å². The molecule has 1 aromatic carbocycles. The van der Waals surface area contributed by atoms with Gasteiger partial charge in [-0.15, -0.1) is 0 Å². The molecule has 22 heavy (non-hydrogen) atoms. The van der Waals surface area contributed by atoms with E-state index in [-0.39, 0.29) is 11.3 Å². The molecule has 0 saturated carbocycles. The van der Waals surface area contributed by atoms with Crippen molar-refractivity contribution in [1.29, 1.82) is 0 Å². The van der Waals surface area contributed by atoms with Crippen molar-refractivity contribution in [2.75, 3.05) is 5.32 Å². The van der Waals surface area contributed by atoms with Gasteiger partial charge in [0, 0.05) is 12.1 Å². The fourth-order valence-corrected chi connectivity index (χ4v) is 1.91. The number of rotatable bonds is 4. The second-order valence-electron chi connectivity index (χ2n) is 5.89. The van der Waals surface area contributed by atoms with Crippen LogP contribution in [0.5, 0.6) is 0 Å². The van der Waals surface area contributed by atoms with Crippen LogP contribution in [0.1, 0.15) is 41.8 Å². The van der Waals surface area contributed by atoms with Crippen LogP contribution in [-0.2, 0) is 4.79 Å². The molecule has 0 aliphatic rings. The molecule has 2 N–H and O–H groups in total. The van der Waals surface area contributed by atoms with Crippen molar-refractivity contribution in [1.82, 2.24) is 0 Å². The largest absolute Gasteiger partial charge is 0.478 e. The van der Waals surface area contributed by atoms with Gasteiger partial charge in [-0.25, -0.2) is 4.79 Å². The van der Waals surface area contributed by atoms with Crippen molar-refractivity contribution in [3.8, 4) is 0 Å². The zero-order valence-electron chi connectivity index (χ0n) is 12.8. The number of aryl methyl sites for hydroxylation is 2. The highest BCUT2D eigenvalue weighted by atomic mass is 19.4. The predicted octanol–water partition coefficient (Wildman–Crippen LogP) is 3.92. The van der Waals surface area contributed by atoms with E-state index in [0.29, 0.717) is 11.1 Å². The lowest BCUT2D eigenvalue weighted by Gasteiger charge is -2.27. The van der Waals surface area contributed by atoms with E-state index in [1.165, 1.54) is 6.07 Å². The summed E-state index contributed by atoms with van der Waals surface area (Å²) < 4.78 is 38.3. The third-order valence-electron chi connectivity index (χ3n) is 3.45. The lowest BCUT2D eigenvalue weighted by molar-refractivity contribution is -0.213. The van der Waals surface area contributed by atoms with E-state index in [0.717, 1.165) is 13.8 Å².